The van der Waals surface area contributed by atoms with Gasteiger partial charge >= 0.3 is 5.97 Å². The number of thiophene rings is 1. The van der Waals surface area contributed by atoms with Crippen molar-refractivity contribution in [2.45, 2.75) is 13.3 Å². The second kappa shape index (κ2) is 11.9. The van der Waals surface area contributed by atoms with Gasteiger partial charge in [-0.25, -0.2) is 4.79 Å². The van der Waals surface area contributed by atoms with Crippen LogP contribution in [0.15, 0.2) is 60.5 Å². The molecule has 8 heteroatoms. The first-order valence-corrected chi connectivity index (χ1v) is 11.5. The van der Waals surface area contributed by atoms with Gasteiger partial charge in [0, 0.05) is 10.9 Å². The summed E-state index contributed by atoms with van der Waals surface area (Å²) in [6, 6.07) is 12.8. The molecule has 7 nitrogen and oxygen atoms in total. The number of benzene rings is 2. The topological polar surface area (TPSA) is 83.1 Å². The molecular formula is C26H27NO6S. The van der Waals surface area contributed by atoms with Gasteiger partial charge in [0.1, 0.15) is 16.3 Å². The normalized spacial score (nSPS) is 10.3. The van der Waals surface area contributed by atoms with Crippen molar-refractivity contribution in [3.63, 3.8) is 0 Å². The lowest BCUT2D eigenvalue weighted by molar-refractivity contribution is -0.118. The van der Waals surface area contributed by atoms with Gasteiger partial charge in [-0.2, -0.15) is 0 Å². The largest absolute Gasteiger partial charge is 0.493 e. The molecule has 0 unspecified atom stereocenters. The standard InChI is InChI=1S/C26H27NO6S/c1-5-9-17-10-7-8-11-20(17)33-15-23(28)27-25-24(26(29)32-6-2)19(16-34-25)18-12-13-21(30-3)22(14-18)31-4/h5,7-8,10-14,16H,1,6,9,15H2,2-4H3,(H,27,28). The molecule has 2 aromatic carbocycles. The Kier molecular flexibility index (Phi) is 8.70. The van der Waals surface area contributed by atoms with E-state index in [-0.39, 0.29) is 24.7 Å². The zero-order valence-corrected chi connectivity index (χ0v) is 20.2. The third-order valence-electron chi connectivity index (χ3n) is 4.91. The van der Waals surface area contributed by atoms with Gasteiger partial charge in [-0.15, -0.1) is 17.9 Å². The van der Waals surface area contributed by atoms with E-state index in [0.29, 0.717) is 34.2 Å². The summed E-state index contributed by atoms with van der Waals surface area (Å²) >= 11 is 1.24. The van der Waals surface area contributed by atoms with Crippen molar-refractivity contribution in [1.29, 1.82) is 0 Å². The molecule has 0 spiro atoms. The minimum Gasteiger partial charge on any atom is -0.493 e. The molecule has 1 aromatic heterocycles. The number of esters is 1. The van der Waals surface area contributed by atoms with Gasteiger partial charge in [0.05, 0.1) is 20.8 Å². The van der Waals surface area contributed by atoms with Crippen LogP contribution in [0.4, 0.5) is 5.00 Å². The number of para-hydroxylation sites is 1. The van der Waals surface area contributed by atoms with Gasteiger partial charge in [-0.3, -0.25) is 4.79 Å². The fourth-order valence-electron chi connectivity index (χ4n) is 3.35. The minimum absolute atomic E-state index is 0.205. The summed E-state index contributed by atoms with van der Waals surface area (Å²) in [6.45, 7) is 5.47. The number of allylic oxidation sites excluding steroid dienone is 1. The maximum atomic E-state index is 12.8. The summed E-state index contributed by atoms with van der Waals surface area (Å²) in [5.41, 5.74) is 2.56. The Morgan fingerprint density at radius 2 is 1.82 bits per heavy atom. The van der Waals surface area contributed by atoms with Crippen LogP contribution in [0.25, 0.3) is 11.1 Å². The molecule has 0 bridgehead atoms. The van der Waals surface area contributed by atoms with Crippen LogP contribution in [0, 0.1) is 0 Å². The van der Waals surface area contributed by atoms with E-state index in [9.17, 15) is 9.59 Å². The van der Waals surface area contributed by atoms with Crippen LogP contribution in [-0.4, -0.2) is 39.3 Å². The summed E-state index contributed by atoms with van der Waals surface area (Å²) < 4.78 is 21.7. The monoisotopic (exact) mass is 481 g/mol. The molecule has 178 valence electrons. The minimum atomic E-state index is -0.527. The smallest absolute Gasteiger partial charge is 0.341 e. The van der Waals surface area contributed by atoms with E-state index in [0.717, 1.165) is 11.1 Å². The zero-order valence-electron chi connectivity index (χ0n) is 19.4. The van der Waals surface area contributed by atoms with E-state index >= 15 is 0 Å². The summed E-state index contributed by atoms with van der Waals surface area (Å²) in [4.78, 5) is 25.5. The number of nitrogens with one attached hydrogen (secondary N) is 1. The van der Waals surface area contributed by atoms with Crippen LogP contribution in [0.1, 0.15) is 22.8 Å². The van der Waals surface area contributed by atoms with Gasteiger partial charge in [-0.1, -0.05) is 30.3 Å². The first-order valence-electron chi connectivity index (χ1n) is 10.6. The molecule has 0 atom stereocenters. The van der Waals surface area contributed by atoms with Crippen LogP contribution in [0.3, 0.4) is 0 Å². The van der Waals surface area contributed by atoms with E-state index < -0.39 is 5.97 Å². The highest BCUT2D eigenvalue weighted by Gasteiger charge is 2.24. The molecule has 0 aliphatic heterocycles. The second-order valence-corrected chi connectivity index (χ2v) is 7.96. The van der Waals surface area contributed by atoms with Gasteiger partial charge in [-0.05, 0) is 42.7 Å². The molecule has 1 heterocycles. The molecule has 3 rings (SSSR count). The number of methoxy groups -OCH3 is 2. The molecule has 3 aromatic rings. The van der Waals surface area contributed by atoms with E-state index in [1.807, 2.05) is 24.3 Å². The van der Waals surface area contributed by atoms with Crippen molar-refractivity contribution >= 4 is 28.2 Å². The number of hydrogen-bond donors (Lipinski definition) is 1. The van der Waals surface area contributed by atoms with Crippen molar-refractivity contribution in [3.05, 3.63) is 71.6 Å². The molecule has 0 fully saturated rings. The van der Waals surface area contributed by atoms with Crippen molar-refractivity contribution in [2.75, 3.05) is 32.8 Å². The SMILES string of the molecule is C=CCc1ccccc1OCC(=O)Nc1scc(-c2ccc(OC)c(OC)c2)c1C(=O)OCC. The van der Waals surface area contributed by atoms with Crippen LogP contribution < -0.4 is 19.5 Å². The molecule has 0 aliphatic carbocycles. The van der Waals surface area contributed by atoms with Crippen molar-refractivity contribution in [3.8, 4) is 28.4 Å². The van der Waals surface area contributed by atoms with E-state index in [1.165, 1.54) is 11.3 Å². The number of ether oxygens (including phenoxy) is 4. The van der Waals surface area contributed by atoms with E-state index in [4.69, 9.17) is 18.9 Å². The fraction of sp³-hybridized carbons (Fsp3) is 0.231. The third-order valence-corrected chi connectivity index (χ3v) is 5.81. The molecule has 0 radical (unpaired) electrons. The maximum absolute atomic E-state index is 12.8. The zero-order chi connectivity index (χ0) is 24.5. The van der Waals surface area contributed by atoms with Crippen molar-refractivity contribution < 1.29 is 28.5 Å². The van der Waals surface area contributed by atoms with Crippen LogP contribution >= 0.6 is 11.3 Å². The number of carbonyl (C=O) groups excluding carboxylic acids is 2. The quantitative estimate of drug-likeness (QED) is 0.293. The summed E-state index contributed by atoms with van der Waals surface area (Å²) in [6.07, 6.45) is 2.40. The Labute approximate surface area is 202 Å². The Bertz CT molecular complexity index is 1170. The number of hydrogen-bond acceptors (Lipinski definition) is 7. The average Bonchev–Trinajstić information content (AvgIpc) is 3.26. The second-order valence-electron chi connectivity index (χ2n) is 7.08. The number of amides is 1. The molecule has 0 saturated carbocycles. The first-order chi connectivity index (χ1) is 16.5. The molecule has 0 aliphatic rings. The van der Waals surface area contributed by atoms with Gasteiger partial charge in [0.25, 0.3) is 5.91 Å². The first kappa shape index (κ1) is 24.9. The van der Waals surface area contributed by atoms with Crippen LogP contribution in [0.2, 0.25) is 0 Å². The van der Waals surface area contributed by atoms with Crippen LogP contribution in [0.5, 0.6) is 17.2 Å². The molecule has 1 amide bonds. The highest BCUT2D eigenvalue weighted by molar-refractivity contribution is 7.15. The van der Waals surface area contributed by atoms with Crippen molar-refractivity contribution in [1.82, 2.24) is 0 Å². The lowest BCUT2D eigenvalue weighted by Crippen LogP contribution is -2.21. The fourth-order valence-corrected chi connectivity index (χ4v) is 4.32. The number of carbonyl (C=O) groups is 2. The van der Waals surface area contributed by atoms with Gasteiger partial charge in [0.15, 0.2) is 18.1 Å². The van der Waals surface area contributed by atoms with E-state index in [2.05, 4.69) is 11.9 Å². The molecule has 34 heavy (non-hydrogen) atoms. The molecular weight excluding hydrogens is 454 g/mol. The Hall–Kier alpha value is -3.78. The summed E-state index contributed by atoms with van der Waals surface area (Å²) in [5.74, 6) is 0.792. The van der Waals surface area contributed by atoms with Crippen molar-refractivity contribution in [2.24, 2.45) is 0 Å². The predicted octanol–water partition coefficient (Wildman–Crippen LogP) is 5.36. The Morgan fingerprint density at radius 3 is 2.53 bits per heavy atom. The number of rotatable bonds is 11. The Balaban J connectivity index is 1.85. The summed E-state index contributed by atoms with van der Waals surface area (Å²) in [7, 11) is 3.10. The molecule has 0 saturated heterocycles. The average molecular weight is 482 g/mol. The lowest BCUT2D eigenvalue weighted by Gasteiger charge is -2.12. The number of anilines is 1. The van der Waals surface area contributed by atoms with E-state index in [1.54, 1.807) is 50.8 Å². The molecule has 1 N–H and O–H groups in total. The summed E-state index contributed by atoms with van der Waals surface area (Å²) in [5, 5.41) is 4.97. The predicted molar refractivity (Wildman–Crippen MR) is 133 cm³/mol. The Morgan fingerprint density at radius 1 is 1.06 bits per heavy atom. The highest BCUT2D eigenvalue weighted by Crippen LogP contribution is 2.39. The third kappa shape index (κ3) is 5.77. The highest BCUT2D eigenvalue weighted by atomic mass is 32.1. The van der Waals surface area contributed by atoms with Gasteiger partial charge < -0.3 is 24.3 Å². The van der Waals surface area contributed by atoms with Gasteiger partial charge in [0.2, 0.25) is 0 Å². The van der Waals surface area contributed by atoms with Crippen LogP contribution in [-0.2, 0) is 16.0 Å². The maximum Gasteiger partial charge on any atom is 0.341 e. The lowest BCUT2D eigenvalue weighted by atomic mass is 10.0.